The maximum atomic E-state index is 13.8. The molecule has 1 fully saturated rings. The van der Waals surface area contributed by atoms with Gasteiger partial charge < -0.3 is 29.6 Å². The number of fused-ring (bicyclic) bond motifs is 1. The van der Waals surface area contributed by atoms with Crippen LogP contribution in [0.25, 0.3) is 0 Å². The molecule has 0 aromatic heterocycles. The van der Waals surface area contributed by atoms with Crippen molar-refractivity contribution in [2.45, 2.75) is 32.8 Å². The zero-order valence-corrected chi connectivity index (χ0v) is 19.9. The van der Waals surface area contributed by atoms with Crippen molar-refractivity contribution in [3.05, 3.63) is 29.1 Å². The summed E-state index contributed by atoms with van der Waals surface area (Å²) in [5.74, 6) is 1.77. The van der Waals surface area contributed by atoms with Crippen LogP contribution in [0.1, 0.15) is 30.9 Å². The molecule has 0 amide bonds. The lowest BCUT2D eigenvalue weighted by Crippen LogP contribution is -2.38. The Morgan fingerprint density at radius 2 is 2.20 bits per heavy atom. The monoisotopic (exact) mass is 537 g/mol. The minimum atomic E-state index is -0.266. The molecule has 0 bridgehead atoms. The Bertz CT molecular complexity index is 672. The zero-order valence-electron chi connectivity index (χ0n) is 17.6. The molecule has 1 saturated heterocycles. The summed E-state index contributed by atoms with van der Waals surface area (Å²) in [6.45, 7) is 7.86. The lowest BCUT2D eigenvalue weighted by atomic mass is 10.1. The van der Waals surface area contributed by atoms with Gasteiger partial charge in [-0.15, -0.1) is 24.0 Å². The van der Waals surface area contributed by atoms with Crippen molar-refractivity contribution >= 4 is 29.9 Å². The van der Waals surface area contributed by atoms with E-state index in [1.165, 1.54) is 12.1 Å². The number of hydrogen-bond acceptors (Lipinski definition) is 5. The van der Waals surface area contributed by atoms with Crippen LogP contribution in [0.5, 0.6) is 5.75 Å². The highest BCUT2D eigenvalue weighted by atomic mass is 127. The smallest absolute Gasteiger partial charge is 0.191 e. The number of benzene rings is 1. The van der Waals surface area contributed by atoms with Crippen molar-refractivity contribution in [1.29, 1.82) is 0 Å². The van der Waals surface area contributed by atoms with Crippen LogP contribution in [0, 0.1) is 11.7 Å². The number of ether oxygens (including phenoxy) is 4. The molecule has 2 N–H and O–H groups in total. The van der Waals surface area contributed by atoms with Crippen LogP contribution >= 0.6 is 24.0 Å². The third-order valence-electron chi connectivity index (χ3n) is 4.88. The Hall–Kier alpha value is -1.17. The van der Waals surface area contributed by atoms with E-state index >= 15 is 0 Å². The van der Waals surface area contributed by atoms with Crippen molar-refractivity contribution in [3.8, 4) is 5.75 Å². The summed E-state index contributed by atoms with van der Waals surface area (Å²) in [5.41, 5.74) is 1.60. The summed E-state index contributed by atoms with van der Waals surface area (Å²) in [6, 6.07) is 3.00. The highest BCUT2D eigenvalue weighted by molar-refractivity contribution is 14.0. The van der Waals surface area contributed by atoms with Crippen LogP contribution < -0.4 is 15.4 Å². The van der Waals surface area contributed by atoms with Crippen LogP contribution in [0.2, 0.25) is 0 Å². The van der Waals surface area contributed by atoms with Crippen LogP contribution in [-0.2, 0) is 27.2 Å². The van der Waals surface area contributed by atoms with Crippen LogP contribution in [0.4, 0.5) is 4.39 Å². The Balaban J connectivity index is 0.00000320. The Morgan fingerprint density at radius 1 is 1.30 bits per heavy atom. The second kappa shape index (κ2) is 14.0. The molecule has 0 saturated carbocycles. The maximum Gasteiger partial charge on any atom is 0.191 e. The maximum absolute atomic E-state index is 13.8. The largest absolute Gasteiger partial charge is 0.467 e. The second-order valence-corrected chi connectivity index (χ2v) is 7.26. The van der Waals surface area contributed by atoms with E-state index in [2.05, 4.69) is 15.6 Å². The van der Waals surface area contributed by atoms with E-state index in [9.17, 15) is 4.39 Å². The van der Waals surface area contributed by atoms with E-state index in [-0.39, 0.29) is 36.6 Å². The predicted octanol–water partition coefficient (Wildman–Crippen LogP) is 2.85. The number of nitrogens with one attached hydrogen (secondary N) is 2. The summed E-state index contributed by atoms with van der Waals surface area (Å²) in [5, 5.41) is 6.54. The van der Waals surface area contributed by atoms with E-state index in [0.29, 0.717) is 38.6 Å². The molecule has 2 heterocycles. The number of aliphatic imine (C=N–C) groups is 1. The van der Waals surface area contributed by atoms with Crippen molar-refractivity contribution in [2.24, 2.45) is 10.9 Å². The molecular weight excluding hydrogens is 504 g/mol. The molecule has 3 rings (SSSR count). The third-order valence-corrected chi connectivity index (χ3v) is 4.88. The first-order chi connectivity index (χ1) is 14.3. The Labute approximate surface area is 195 Å². The minimum Gasteiger partial charge on any atom is -0.467 e. The molecule has 9 heteroatoms. The van der Waals surface area contributed by atoms with Crippen molar-refractivity contribution in [3.63, 3.8) is 0 Å². The van der Waals surface area contributed by atoms with Gasteiger partial charge in [-0.1, -0.05) is 0 Å². The number of guanidine groups is 1. The van der Waals surface area contributed by atoms with Gasteiger partial charge in [0.2, 0.25) is 0 Å². The fourth-order valence-electron chi connectivity index (χ4n) is 3.42. The molecule has 30 heavy (non-hydrogen) atoms. The first-order valence-electron chi connectivity index (χ1n) is 10.5. The predicted molar refractivity (Wildman–Crippen MR) is 124 cm³/mol. The van der Waals surface area contributed by atoms with Crippen LogP contribution in [0.15, 0.2) is 17.1 Å². The van der Waals surface area contributed by atoms with Gasteiger partial charge >= 0.3 is 0 Å². The molecule has 7 nitrogen and oxygen atoms in total. The second-order valence-electron chi connectivity index (χ2n) is 7.26. The molecule has 1 aromatic rings. The van der Waals surface area contributed by atoms with Crippen molar-refractivity contribution in [1.82, 2.24) is 10.6 Å². The molecule has 0 aliphatic carbocycles. The van der Waals surface area contributed by atoms with Gasteiger partial charge in [0.25, 0.3) is 0 Å². The molecule has 1 atom stereocenters. The van der Waals surface area contributed by atoms with Crippen molar-refractivity contribution in [2.75, 3.05) is 52.9 Å². The van der Waals surface area contributed by atoms with Gasteiger partial charge in [-0.25, -0.2) is 4.39 Å². The average molecular weight is 537 g/mol. The Morgan fingerprint density at radius 3 is 3.00 bits per heavy atom. The third kappa shape index (κ3) is 8.16. The van der Waals surface area contributed by atoms with E-state index in [1.807, 2.05) is 6.92 Å². The van der Waals surface area contributed by atoms with Gasteiger partial charge in [-0.3, -0.25) is 4.99 Å². The molecule has 2 aliphatic rings. The number of nitrogens with zero attached hydrogens (tertiary/aromatic N) is 1. The zero-order chi connectivity index (χ0) is 20.3. The van der Waals surface area contributed by atoms with Crippen LogP contribution in [-0.4, -0.2) is 58.8 Å². The highest BCUT2D eigenvalue weighted by Gasteiger charge is 2.17. The molecule has 170 valence electrons. The number of halogens is 2. The van der Waals surface area contributed by atoms with E-state index < -0.39 is 0 Å². The lowest BCUT2D eigenvalue weighted by molar-refractivity contribution is -0.0172. The summed E-state index contributed by atoms with van der Waals surface area (Å²) >= 11 is 0. The first kappa shape index (κ1) is 25.1. The van der Waals surface area contributed by atoms with Gasteiger partial charge in [-0.2, -0.15) is 0 Å². The summed E-state index contributed by atoms with van der Waals surface area (Å²) < 4.78 is 35.7. The molecule has 0 radical (unpaired) electrons. The quantitative estimate of drug-likeness (QED) is 0.207. The summed E-state index contributed by atoms with van der Waals surface area (Å²) in [6.07, 6.45) is 2.60. The fraction of sp³-hybridized carbons (Fsp3) is 0.667. The fourth-order valence-corrected chi connectivity index (χ4v) is 3.42. The first-order valence-corrected chi connectivity index (χ1v) is 10.5. The Kier molecular flexibility index (Phi) is 11.7. The van der Waals surface area contributed by atoms with E-state index in [4.69, 9.17) is 18.9 Å². The summed E-state index contributed by atoms with van der Waals surface area (Å²) in [7, 11) is 0. The lowest BCUT2D eigenvalue weighted by Gasteiger charge is -2.21. The topological polar surface area (TPSA) is 73.3 Å². The molecule has 1 aromatic carbocycles. The van der Waals surface area contributed by atoms with E-state index in [1.54, 1.807) is 0 Å². The highest BCUT2D eigenvalue weighted by Crippen LogP contribution is 2.29. The van der Waals surface area contributed by atoms with Crippen molar-refractivity contribution < 1.29 is 23.3 Å². The number of hydrogen-bond donors (Lipinski definition) is 2. The normalized spacial score (nSPS) is 18.3. The standard InChI is InChI=1S/C21H32FN3O4.HI/c1-2-23-21(24-6-3-8-26-12-16-5-9-27-13-16)25-7-4-17-10-19(22)11-18-14-28-15-29-20(17)18;/h10-11,16H,2-9,12-15H2,1H3,(H2,23,24,25);1H. The van der Waals surface area contributed by atoms with E-state index in [0.717, 1.165) is 62.0 Å². The van der Waals surface area contributed by atoms with Gasteiger partial charge in [0.05, 0.1) is 19.8 Å². The van der Waals surface area contributed by atoms with Gasteiger partial charge in [-0.05, 0) is 43.9 Å². The molecular formula is C21H33FIN3O4. The van der Waals surface area contributed by atoms with Gasteiger partial charge in [0.15, 0.2) is 12.8 Å². The molecule has 2 aliphatic heterocycles. The van der Waals surface area contributed by atoms with Gasteiger partial charge in [0.1, 0.15) is 11.6 Å². The SMILES string of the molecule is CCNC(=NCCCOCC1CCOC1)NCCc1cc(F)cc2c1OCOC2.I. The minimum absolute atomic E-state index is 0. The number of rotatable bonds is 10. The molecule has 0 spiro atoms. The summed E-state index contributed by atoms with van der Waals surface area (Å²) in [4.78, 5) is 4.58. The average Bonchev–Trinajstić information content (AvgIpc) is 3.24. The van der Waals surface area contributed by atoms with Gasteiger partial charge in [0, 0.05) is 44.3 Å². The van der Waals surface area contributed by atoms with Crippen LogP contribution in [0.3, 0.4) is 0 Å². The molecule has 1 unspecified atom stereocenters.